The fourth-order valence-electron chi connectivity index (χ4n) is 2.67. The van der Waals surface area contributed by atoms with Crippen molar-refractivity contribution in [1.82, 2.24) is 14.8 Å². The number of hydrogen-bond acceptors (Lipinski definition) is 5. The quantitative estimate of drug-likeness (QED) is 0.550. The lowest BCUT2D eigenvalue weighted by atomic mass is 10.1. The van der Waals surface area contributed by atoms with Crippen LogP contribution in [0.4, 0.5) is 5.69 Å². The Morgan fingerprint density at radius 2 is 2.04 bits per heavy atom. The molecule has 0 bridgehead atoms. The van der Waals surface area contributed by atoms with E-state index in [4.69, 9.17) is 10.5 Å². The topological polar surface area (TPSA) is 83.0 Å². The van der Waals surface area contributed by atoms with Crippen LogP contribution in [-0.4, -0.2) is 21.1 Å². The summed E-state index contributed by atoms with van der Waals surface area (Å²) in [7, 11) is 0. The van der Waals surface area contributed by atoms with E-state index in [9.17, 15) is 4.79 Å². The maximum absolute atomic E-state index is 11.2. The van der Waals surface area contributed by atoms with Crippen molar-refractivity contribution in [2.24, 2.45) is 0 Å². The van der Waals surface area contributed by atoms with E-state index in [0.717, 1.165) is 17.0 Å². The first-order valence-corrected chi connectivity index (χ1v) is 8.06. The fourth-order valence-corrected chi connectivity index (χ4v) is 2.67. The molecule has 1 aromatic carbocycles. The average molecular weight is 336 g/mol. The van der Waals surface area contributed by atoms with Gasteiger partial charge in [-0.15, -0.1) is 0 Å². The van der Waals surface area contributed by atoms with Gasteiger partial charge in [0.15, 0.2) is 6.29 Å². The van der Waals surface area contributed by atoms with Gasteiger partial charge in [-0.3, -0.25) is 14.5 Å². The second kappa shape index (κ2) is 7.17. The Kier molecular flexibility index (Phi) is 4.79. The second-order valence-corrected chi connectivity index (χ2v) is 5.93. The number of benzene rings is 1. The Morgan fingerprint density at radius 3 is 2.80 bits per heavy atom. The van der Waals surface area contributed by atoms with Crippen LogP contribution in [0, 0.1) is 0 Å². The molecule has 128 valence electrons. The van der Waals surface area contributed by atoms with E-state index >= 15 is 0 Å². The first-order chi connectivity index (χ1) is 12.1. The van der Waals surface area contributed by atoms with Gasteiger partial charge in [0.05, 0.1) is 17.0 Å². The smallest absolute Gasteiger partial charge is 0.155 e. The molecular formula is C19H20N4O2. The van der Waals surface area contributed by atoms with Gasteiger partial charge in [0, 0.05) is 29.7 Å². The molecule has 2 aromatic heterocycles. The van der Waals surface area contributed by atoms with Crippen molar-refractivity contribution in [3.05, 3.63) is 59.9 Å². The predicted octanol–water partition coefficient (Wildman–Crippen LogP) is 3.50. The SMILES string of the molecule is CC(C)n1nccc1-c1ncccc1COc1cccc(N)c1C=O. The maximum Gasteiger partial charge on any atom is 0.155 e. The molecule has 0 aliphatic heterocycles. The van der Waals surface area contributed by atoms with E-state index in [1.54, 1.807) is 30.6 Å². The number of rotatable bonds is 6. The van der Waals surface area contributed by atoms with Crippen LogP contribution < -0.4 is 10.5 Å². The van der Waals surface area contributed by atoms with Gasteiger partial charge in [0.25, 0.3) is 0 Å². The lowest BCUT2D eigenvalue weighted by Crippen LogP contribution is -2.08. The highest BCUT2D eigenvalue weighted by molar-refractivity contribution is 5.87. The van der Waals surface area contributed by atoms with Crippen molar-refractivity contribution in [1.29, 1.82) is 0 Å². The number of anilines is 1. The van der Waals surface area contributed by atoms with E-state index in [1.807, 2.05) is 22.9 Å². The van der Waals surface area contributed by atoms with Crippen LogP contribution in [0.25, 0.3) is 11.4 Å². The summed E-state index contributed by atoms with van der Waals surface area (Å²) in [6, 6.07) is 11.1. The molecular weight excluding hydrogens is 316 g/mol. The Hall–Kier alpha value is -3.15. The molecule has 0 unspecified atom stereocenters. The molecule has 2 heterocycles. The van der Waals surface area contributed by atoms with Gasteiger partial charge < -0.3 is 10.5 Å². The van der Waals surface area contributed by atoms with Crippen LogP contribution in [0.15, 0.2) is 48.8 Å². The molecule has 0 saturated heterocycles. The molecule has 6 heteroatoms. The minimum absolute atomic E-state index is 0.219. The van der Waals surface area contributed by atoms with Gasteiger partial charge in [0.2, 0.25) is 0 Å². The zero-order valence-electron chi connectivity index (χ0n) is 14.2. The highest BCUT2D eigenvalue weighted by Gasteiger charge is 2.14. The van der Waals surface area contributed by atoms with Crippen molar-refractivity contribution in [3.8, 4) is 17.1 Å². The number of nitrogens with two attached hydrogens (primary N) is 1. The third kappa shape index (κ3) is 3.38. The van der Waals surface area contributed by atoms with Crippen LogP contribution in [0.5, 0.6) is 5.75 Å². The second-order valence-electron chi connectivity index (χ2n) is 5.93. The fraction of sp³-hybridized carbons (Fsp3) is 0.211. The zero-order chi connectivity index (χ0) is 17.8. The van der Waals surface area contributed by atoms with Crippen LogP contribution in [0.1, 0.15) is 35.8 Å². The van der Waals surface area contributed by atoms with Crippen LogP contribution in [0.2, 0.25) is 0 Å². The van der Waals surface area contributed by atoms with E-state index in [2.05, 4.69) is 23.9 Å². The Balaban J connectivity index is 1.91. The number of carbonyl (C=O) groups is 1. The summed E-state index contributed by atoms with van der Waals surface area (Å²) in [6.07, 6.45) is 4.22. The zero-order valence-corrected chi connectivity index (χ0v) is 14.2. The third-order valence-corrected chi connectivity index (χ3v) is 3.89. The molecule has 25 heavy (non-hydrogen) atoms. The van der Waals surface area contributed by atoms with Gasteiger partial charge in [-0.05, 0) is 38.1 Å². The highest BCUT2D eigenvalue weighted by atomic mass is 16.5. The number of aromatic nitrogens is 3. The van der Waals surface area contributed by atoms with E-state index < -0.39 is 0 Å². The minimum atomic E-state index is 0.219. The number of nitrogens with zero attached hydrogens (tertiary/aromatic N) is 3. The Morgan fingerprint density at radius 1 is 1.20 bits per heavy atom. The van der Waals surface area contributed by atoms with E-state index in [0.29, 0.717) is 23.3 Å². The Labute approximate surface area is 146 Å². The van der Waals surface area contributed by atoms with Crippen molar-refractivity contribution < 1.29 is 9.53 Å². The molecule has 0 amide bonds. The van der Waals surface area contributed by atoms with Crippen molar-refractivity contribution >= 4 is 12.0 Å². The van der Waals surface area contributed by atoms with Crippen molar-refractivity contribution in [2.75, 3.05) is 5.73 Å². The molecule has 3 aromatic rings. The number of ether oxygens (including phenoxy) is 1. The third-order valence-electron chi connectivity index (χ3n) is 3.89. The van der Waals surface area contributed by atoms with Gasteiger partial charge in [0.1, 0.15) is 12.4 Å². The Bertz CT molecular complexity index is 887. The molecule has 0 saturated carbocycles. The first kappa shape index (κ1) is 16.7. The normalized spacial score (nSPS) is 10.8. The number of aldehydes is 1. The molecule has 3 rings (SSSR count). The minimum Gasteiger partial charge on any atom is -0.488 e. The van der Waals surface area contributed by atoms with Crippen LogP contribution in [0.3, 0.4) is 0 Å². The molecule has 0 radical (unpaired) electrons. The average Bonchev–Trinajstić information content (AvgIpc) is 3.10. The van der Waals surface area contributed by atoms with Gasteiger partial charge in [-0.2, -0.15) is 5.10 Å². The number of carbonyl (C=O) groups excluding carboxylic acids is 1. The molecule has 0 spiro atoms. The molecule has 0 aliphatic rings. The van der Waals surface area contributed by atoms with Gasteiger partial charge in [-0.25, -0.2) is 0 Å². The summed E-state index contributed by atoms with van der Waals surface area (Å²) < 4.78 is 7.77. The van der Waals surface area contributed by atoms with E-state index in [1.165, 1.54) is 0 Å². The van der Waals surface area contributed by atoms with Crippen LogP contribution in [-0.2, 0) is 6.61 Å². The molecule has 2 N–H and O–H groups in total. The summed E-state index contributed by atoms with van der Waals surface area (Å²) >= 11 is 0. The number of pyridine rings is 1. The summed E-state index contributed by atoms with van der Waals surface area (Å²) in [5, 5.41) is 4.36. The van der Waals surface area contributed by atoms with E-state index in [-0.39, 0.29) is 12.6 Å². The molecule has 0 aliphatic carbocycles. The lowest BCUT2D eigenvalue weighted by molar-refractivity contribution is 0.112. The molecule has 0 fully saturated rings. The summed E-state index contributed by atoms with van der Waals surface area (Å²) in [6.45, 7) is 4.41. The van der Waals surface area contributed by atoms with Gasteiger partial charge >= 0.3 is 0 Å². The lowest BCUT2D eigenvalue weighted by Gasteiger charge is -2.15. The molecule has 6 nitrogen and oxygen atoms in total. The first-order valence-electron chi connectivity index (χ1n) is 8.06. The summed E-state index contributed by atoms with van der Waals surface area (Å²) in [5.41, 5.74) is 9.23. The monoisotopic (exact) mass is 336 g/mol. The van der Waals surface area contributed by atoms with Gasteiger partial charge in [-0.1, -0.05) is 12.1 Å². The number of hydrogen-bond donors (Lipinski definition) is 1. The summed E-state index contributed by atoms with van der Waals surface area (Å²) in [5.74, 6) is 0.460. The van der Waals surface area contributed by atoms with Crippen molar-refractivity contribution in [2.45, 2.75) is 26.5 Å². The maximum atomic E-state index is 11.2. The predicted molar refractivity (Wildman–Crippen MR) is 96.4 cm³/mol. The largest absolute Gasteiger partial charge is 0.488 e. The van der Waals surface area contributed by atoms with Crippen molar-refractivity contribution in [3.63, 3.8) is 0 Å². The standard InChI is InChI=1S/C19H20N4O2/c1-13(2)23-17(8-10-22-23)19-14(5-4-9-21-19)12-25-18-7-3-6-16(20)15(18)11-24/h3-11,13H,12,20H2,1-2H3. The molecule has 0 atom stereocenters. The highest BCUT2D eigenvalue weighted by Crippen LogP contribution is 2.27. The number of nitrogen functional groups attached to an aromatic ring is 1. The van der Waals surface area contributed by atoms with Crippen LogP contribution >= 0.6 is 0 Å². The summed E-state index contributed by atoms with van der Waals surface area (Å²) in [4.78, 5) is 15.8.